The molecule has 2 aromatic heterocycles. The van der Waals surface area contributed by atoms with Gasteiger partial charge in [0.1, 0.15) is 5.76 Å². The van der Waals surface area contributed by atoms with E-state index in [0.717, 1.165) is 5.76 Å². The van der Waals surface area contributed by atoms with Crippen molar-refractivity contribution in [2.75, 3.05) is 13.1 Å². The molecule has 2 N–H and O–H groups in total. The van der Waals surface area contributed by atoms with Gasteiger partial charge in [0.15, 0.2) is 10.4 Å². The number of hydrogen-bond donors (Lipinski definition) is 2. The molecule has 6 heteroatoms. The lowest BCUT2D eigenvalue weighted by Gasteiger charge is -2.04. The average molecular weight is 313 g/mol. The average Bonchev–Trinajstić information content (AvgIpc) is 2.99. The second-order valence-electron chi connectivity index (χ2n) is 3.62. The highest BCUT2D eigenvalue weighted by atomic mass is 79.9. The van der Waals surface area contributed by atoms with Crippen LogP contribution >= 0.6 is 15.9 Å². The molecule has 96 valence electrons. The Labute approximate surface area is 113 Å². The highest BCUT2D eigenvalue weighted by molar-refractivity contribution is 9.10. The monoisotopic (exact) mass is 312 g/mol. The second-order valence-corrected chi connectivity index (χ2v) is 4.40. The van der Waals surface area contributed by atoms with Crippen molar-refractivity contribution in [2.45, 2.75) is 6.54 Å². The Hall–Kier alpha value is -1.53. The van der Waals surface area contributed by atoms with Gasteiger partial charge in [0.05, 0.1) is 12.8 Å². The van der Waals surface area contributed by atoms with Crippen LogP contribution in [0, 0.1) is 0 Å². The van der Waals surface area contributed by atoms with E-state index in [1.54, 1.807) is 12.1 Å². The summed E-state index contributed by atoms with van der Waals surface area (Å²) in [7, 11) is 0. The maximum Gasteiger partial charge on any atom is 0.287 e. The van der Waals surface area contributed by atoms with E-state index in [9.17, 15) is 4.79 Å². The van der Waals surface area contributed by atoms with Gasteiger partial charge in [-0.25, -0.2) is 0 Å². The number of amides is 1. The first kappa shape index (κ1) is 12.9. The maximum absolute atomic E-state index is 11.5. The third-order valence-electron chi connectivity index (χ3n) is 2.26. The Morgan fingerprint density at radius 2 is 2.17 bits per heavy atom. The van der Waals surface area contributed by atoms with E-state index in [0.29, 0.717) is 30.1 Å². The molecule has 2 rings (SSSR count). The quantitative estimate of drug-likeness (QED) is 0.802. The summed E-state index contributed by atoms with van der Waals surface area (Å²) in [4.78, 5) is 11.5. The zero-order chi connectivity index (χ0) is 12.8. The largest absolute Gasteiger partial charge is 0.459 e. The van der Waals surface area contributed by atoms with Crippen LogP contribution in [0.25, 0.3) is 0 Å². The summed E-state index contributed by atoms with van der Waals surface area (Å²) in [6, 6.07) is 7.04. The molecule has 0 bridgehead atoms. The van der Waals surface area contributed by atoms with Gasteiger partial charge in [-0.05, 0) is 40.2 Å². The summed E-state index contributed by atoms with van der Waals surface area (Å²) in [6.45, 7) is 1.81. The first-order valence-corrected chi connectivity index (χ1v) is 6.31. The first-order valence-electron chi connectivity index (χ1n) is 5.52. The molecule has 1 amide bonds. The second kappa shape index (κ2) is 6.42. The lowest BCUT2D eigenvalue weighted by Crippen LogP contribution is -2.31. The number of carbonyl (C=O) groups excluding carboxylic acids is 1. The zero-order valence-corrected chi connectivity index (χ0v) is 11.2. The molecule has 0 radical (unpaired) electrons. The summed E-state index contributed by atoms with van der Waals surface area (Å²) < 4.78 is 11.0. The predicted octanol–water partition coefficient (Wildman–Crippen LogP) is 2.15. The third-order valence-corrected chi connectivity index (χ3v) is 2.69. The molecule has 0 aliphatic carbocycles. The third kappa shape index (κ3) is 3.75. The Morgan fingerprint density at radius 3 is 2.83 bits per heavy atom. The fourth-order valence-electron chi connectivity index (χ4n) is 1.42. The van der Waals surface area contributed by atoms with Crippen LogP contribution in [0.5, 0.6) is 0 Å². The van der Waals surface area contributed by atoms with Gasteiger partial charge in [0.25, 0.3) is 5.91 Å². The summed E-state index contributed by atoms with van der Waals surface area (Å²) in [6.07, 6.45) is 1.47. The molecule has 0 fully saturated rings. The van der Waals surface area contributed by atoms with Crippen LogP contribution in [0.15, 0.2) is 44.0 Å². The molecule has 2 heterocycles. The van der Waals surface area contributed by atoms with Crippen molar-refractivity contribution in [3.05, 3.63) is 46.7 Å². The van der Waals surface area contributed by atoms with E-state index in [-0.39, 0.29) is 5.91 Å². The van der Waals surface area contributed by atoms with Crippen molar-refractivity contribution >= 4 is 21.8 Å². The van der Waals surface area contributed by atoms with Crippen LogP contribution in [0.3, 0.4) is 0 Å². The molecule has 0 aliphatic rings. The highest BCUT2D eigenvalue weighted by Gasteiger charge is 2.06. The van der Waals surface area contributed by atoms with Crippen molar-refractivity contribution < 1.29 is 13.6 Å². The molecule has 0 unspecified atom stereocenters. The number of hydrogen-bond acceptors (Lipinski definition) is 4. The highest BCUT2D eigenvalue weighted by Crippen LogP contribution is 2.13. The van der Waals surface area contributed by atoms with Crippen molar-refractivity contribution in [1.29, 1.82) is 0 Å². The van der Waals surface area contributed by atoms with Crippen molar-refractivity contribution in [2.24, 2.45) is 0 Å². The molecule has 0 aromatic carbocycles. The van der Waals surface area contributed by atoms with Crippen molar-refractivity contribution in [3.63, 3.8) is 0 Å². The van der Waals surface area contributed by atoms with Crippen molar-refractivity contribution in [1.82, 2.24) is 10.6 Å². The fourth-order valence-corrected chi connectivity index (χ4v) is 1.76. The Morgan fingerprint density at radius 1 is 1.28 bits per heavy atom. The van der Waals surface area contributed by atoms with E-state index in [1.807, 2.05) is 12.1 Å². The van der Waals surface area contributed by atoms with Crippen LogP contribution in [0.4, 0.5) is 0 Å². The standard InChI is InChI=1S/C12H13BrN2O3/c13-11-4-3-9(18-11)8-14-5-6-15-12(16)10-2-1-7-17-10/h1-4,7,14H,5-6,8H2,(H,15,16). The number of rotatable bonds is 6. The zero-order valence-electron chi connectivity index (χ0n) is 9.61. The van der Waals surface area contributed by atoms with Gasteiger partial charge in [0, 0.05) is 13.1 Å². The SMILES string of the molecule is O=C(NCCNCc1ccc(Br)o1)c1ccco1. The Balaban J connectivity index is 1.60. The van der Waals surface area contributed by atoms with E-state index in [1.165, 1.54) is 6.26 Å². The molecule has 0 saturated heterocycles. The van der Waals surface area contributed by atoms with Gasteiger partial charge in [-0.2, -0.15) is 0 Å². The van der Waals surface area contributed by atoms with Crippen LogP contribution < -0.4 is 10.6 Å². The van der Waals surface area contributed by atoms with Crippen LogP contribution in [0.1, 0.15) is 16.3 Å². The van der Waals surface area contributed by atoms with Gasteiger partial charge in [-0.15, -0.1) is 0 Å². The summed E-state index contributed by atoms with van der Waals surface area (Å²) >= 11 is 3.23. The lowest BCUT2D eigenvalue weighted by atomic mass is 10.4. The molecule has 18 heavy (non-hydrogen) atoms. The molecule has 0 atom stereocenters. The Kier molecular flexibility index (Phi) is 4.60. The van der Waals surface area contributed by atoms with Crippen LogP contribution in [0.2, 0.25) is 0 Å². The molecule has 5 nitrogen and oxygen atoms in total. The van der Waals surface area contributed by atoms with E-state index < -0.39 is 0 Å². The molecule has 0 spiro atoms. The number of halogens is 1. The summed E-state index contributed by atoms with van der Waals surface area (Å²) in [5, 5.41) is 5.90. The number of carbonyl (C=O) groups is 1. The molecule has 2 aromatic rings. The van der Waals surface area contributed by atoms with E-state index in [2.05, 4.69) is 26.6 Å². The maximum atomic E-state index is 11.5. The summed E-state index contributed by atoms with van der Waals surface area (Å²) in [5.74, 6) is 0.965. The minimum absolute atomic E-state index is 0.206. The van der Waals surface area contributed by atoms with E-state index >= 15 is 0 Å². The van der Waals surface area contributed by atoms with Gasteiger partial charge >= 0.3 is 0 Å². The number of nitrogens with one attached hydrogen (secondary N) is 2. The fraction of sp³-hybridized carbons (Fsp3) is 0.250. The van der Waals surface area contributed by atoms with Crippen LogP contribution in [-0.2, 0) is 6.54 Å². The lowest BCUT2D eigenvalue weighted by molar-refractivity contribution is 0.0926. The minimum Gasteiger partial charge on any atom is -0.459 e. The minimum atomic E-state index is -0.206. The van der Waals surface area contributed by atoms with E-state index in [4.69, 9.17) is 8.83 Å². The van der Waals surface area contributed by atoms with Crippen LogP contribution in [-0.4, -0.2) is 19.0 Å². The van der Waals surface area contributed by atoms with Gasteiger partial charge < -0.3 is 19.5 Å². The summed E-state index contributed by atoms with van der Waals surface area (Å²) in [5.41, 5.74) is 0. The normalized spacial score (nSPS) is 10.5. The topological polar surface area (TPSA) is 67.4 Å². The Bertz CT molecular complexity index is 493. The molecular weight excluding hydrogens is 300 g/mol. The predicted molar refractivity (Wildman–Crippen MR) is 69.2 cm³/mol. The van der Waals surface area contributed by atoms with Crippen molar-refractivity contribution in [3.8, 4) is 0 Å². The van der Waals surface area contributed by atoms with Gasteiger partial charge in [0.2, 0.25) is 0 Å². The van der Waals surface area contributed by atoms with Gasteiger partial charge in [-0.1, -0.05) is 0 Å². The molecule has 0 aliphatic heterocycles. The molecule has 0 saturated carbocycles. The van der Waals surface area contributed by atoms with Gasteiger partial charge in [-0.3, -0.25) is 4.79 Å². The molecular formula is C12H13BrN2O3. The first-order chi connectivity index (χ1) is 8.75. The smallest absolute Gasteiger partial charge is 0.287 e. The number of furan rings is 2.